The molecule has 1 aromatic carbocycles. The van der Waals surface area contributed by atoms with Gasteiger partial charge in [-0.05, 0) is 35.0 Å². The zero-order valence-corrected chi connectivity index (χ0v) is 17.8. The summed E-state index contributed by atoms with van der Waals surface area (Å²) in [4.78, 5) is 22.0. The number of hydrogen-bond acceptors (Lipinski definition) is 7. The minimum atomic E-state index is -0.473. The van der Waals surface area contributed by atoms with Gasteiger partial charge in [0.1, 0.15) is 6.04 Å². The maximum atomic E-state index is 12.4. The fraction of sp³-hybridized carbons (Fsp3) is 0.316. The molecule has 30 heavy (non-hydrogen) atoms. The van der Waals surface area contributed by atoms with Gasteiger partial charge in [-0.3, -0.25) is 9.48 Å². The number of aryl methyl sites for hydroxylation is 1. The Hall–Kier alpha value is -3.05. The Morgan fingerprint density at radius 1 is 1.30 bits per heavy atom. The molecule has 10 nitrogen and oxygen atoms in total. The fourth-order valence-corrected chi connectivity index (χ4v) is 3.93. The smallest absolute Gasteiger partial charge is 0.243 e. The van der Waals surface area contributed by atoms with E-state index in [0.29, 0.717) is 30.5 Å². The van der Waals surface area contributed by atoms with Crippen molar-refractivity contribution in [2.75, 3.05) is 25.0 Å². The number of aromatic nitrogens is 6. The molecule has 154 valence electrons. The van der Waals surface area contributed by atoms with Gasteiger partial charge in [-0.15, -0.1) is 5.10 Å². The van der Waals surface area contributed by atoms with Crippen LogP contribution in [0, 0.1) is 0 Å². The van der Waals surface area contributed by atoms with E-state index < -0.39 is 6.04 Å². The van der Waals surface area contributed by atoms with Crippen molar-refractivity contribution < 1.29 is 4.79 Å². The number of fused-ring (bicyclic) bond motifs is 3. The Morgan fingerprint density at radius 3 is 3.03 bits per heavy atom. The van der Waals surface area contributed by atoms with Crippen LogP contribution in [-0.2, 0) is 11.3 Å². The fourth-order valence-electron chi connectivity index (χ4n) is 3.47. The average molecular weight is 470 g/mol. The van der Waals surface area contributed by atoms with Gasteiger partial charge in [0.2, 0.25) is 11.9 Å². The van der Waals surface area contributed by atoms with Crippen molar-refractivity contribution in [1.82, 2.24) is 40.0 Å². The van der Waals surface area contributed by atoms with Gasteiger partial charge in [0, 0.05) is 42.2 Å². The topological polar surface area (TPSA) is 114 Å². The normalized spacial score (nSPS) is 17.3. The van der Waals surface area contributed by atoms with Gasteiger partial charge >= 0.3 is 0 Å². The lowest BCUT2D eigenvalue weighted by atomic mass is 10.2. The van der Waals surface area contributed by atoms with Crippen LogP contribution < -0.4 is 16.0 Å². The lowest BCUT2D eigenvalue weighted by molar-refractivity contribution is -0.121. The molecule has 0 unspecified atom stereocenters. The molecule has 5 rings (SSSR count). The number of hydrogen-bond donors (Lipinski definition) is 3. The van der Waals surface area contributed by atoms with Crippen LogP contribution in [0.15, 0.2) is 35.1 Å². The van der Waals surface area contributed by atoms with Gasteiger partial charge in [0.15, 0.2) is 11.5 Å². The summed E-state index contributed by atoms with van der Waals surface area (Å²) in [7, 11) is 0. The van der Waals surface area contributed by atoms with E-state index in [9.17, 15) is 4.79 Å². The van der Waals surface area contributed by atoms with Gasteiger partial charge in [0.25, 0.3) is 0 Å². The Labute approximate surface area is 180 Å². The molecule has 1 aliphatic heterocycles. The first kappa shape index (κ1) is 18.9. The first-order valence-electron chi connectivity index (χ1n) is 9.77. The number of amides is 1. The third kappa shape index (κ3) is 3.29. The number of anilines is 1. The van der Waals surface area contributed by atoms with E-state index in [1.165, 1.54) is 0 Å². The van der Waals surface area contributed by atoms with Gasteiger partial charge in [0.05, 0.1) is 17.3 Å². The molecule has 1 saturated heterocycles. The molecule has 3 N–H and O–H groups in total. The predicted octanol–water partition coefficient (Wildman–Crippen LogP) is 1.42. The summed E-state index contributed by atoms with van der Waals surface area (Å²) in [5, 5.41) is 19.3. The summed E-state index contributed by atoms with van der Waals surface area (Å²) < 4.78 is 4.33. The number of nitrogens with one attached hydrogen (secondary N) is 3. The Kier molecular flexibility index (Phi) is 4.83. The van der Waals surface area contributed by atoms with Crippen molar-refractivity contribution in [2.24, 2.45) is 0 Å². The van der Waals surface area contributed by atoms with E-state index in [-0.39, 0.29) is 5.91 Å². The Balaban J connectivity index is 1.67. The van der Waals surface area contributed by atoms with Crippen LogP contribution in [0.3, 0.4) is 0 Å². The molecule has 11 heteroatoms. The number of nitrogens with zero attached hydrogens (tertiary/aromatic N) is 6. The van der Waals surface area contributed by atoms with Crippen molar-refractivity contribution in [2.45, 2.75) is 19.5 Å². The van der Waals surface area contributed by atoms with E-state index in [0.717, 1.165) is 34.0 Å². The number of benzene rings is 1. The highest BCUT2D eigenvalue weighted by Crippen LogP contribution is 2.28. The van der Waals surface area contributed by atoms with E-state index in [1.54, 1.807) is 10.7 Å². The molecule has 1 aliphatic rings. The van der Waals surface area contributed by atoms with E-state index >= 15 is 0 Å². The summed E-state index contributed by atoms with van der Waals surface area (Å²) in [5.41, 5.74) is 2.23. The van der Waals surface area contributed by atoms with Crippen molar-refractivity contribution in [3.63, 3.8) is 0 Å². The van der Waals surface area contributed by atoms with Crippen molar-refractivity contribution in [3.05, 3.63) is 35.1 Å². The van der Waals surface area contributed by atoms with Crippen LogP contribution in [0.1, 0.15) is 6.92 Å². The monoisotopic (exact) mass is 469 g/mol. The van der Waals surface area contributed by atoms with Crippen molar-refractivity contribution in [1.29, 1.82) is 0 Å². The van der Waals surface area contributed by atoms with Crippen LogP contribution in [0.2, 0.25) is 0 Å². The molecule has 0 spiro atoms. The number of carbonyl (C=O) groups is 1. The predicted molar refractivity (Wildman–Crippen MR) is 116 cm³/mol. The van der Waals surface area contributed by atoms with E-state index in [1.807, 2.05) is 36.0 Å². The average Bonchev–Trinajstić information content (AvgIpc) is 3.36. The van der Waals surface area contributed by atoms with Gasteiger partial charge in [-0.1, -0.05) is 6.07 Å². The largest absolute Gasteiger partial charge is 0.353 e. The highest BCUT2D eigenvalue weighted by Gasteiger charge is 2.24. The number of carbonyl (C=O) groups excluding carboxylic acids is 1. The van der Waals surface area contributed by atoms with Gasteiger partial charge in [-0.25, -0.2) is 9.97 Å². The second-order valence-corrected chi connectivity index (χ2v) is 7.87. The van der Waals surface area contributed by atoms with E-state index in [4.69, 9.17) is 9.97 Å². The Morgan fingerprint density at radius 2 is 2.20 bits per heavy atom. The highest BCUT2D eigenvalue weighted by atomic mass is 79.9. The summed E-state index contributed by atoms with van der Waals surface area (Å²) >= 11 is 3.58. The summed E-state index contributed by atoms with van der Waals surface area (Å²) in [6.45, 7) is 4.61. The first-order valence-corrected chi connectivity index (χ1v) is 10.6. The molecule has 0 aliphatic carbocycles. The third-order valence-corrected chi connectivity index (χ3v) is 5.68. The van der Waals surface area contributed by atoms with Crippen LogP contribution in [0.5, 0.6) is 0 Å². The van der Waals surface area contributed by atoms with Gasteiger partial charge in [-0.2, -0.15) is 9.61 Å². The van der Waals surface area contributed by atoms with Crippen LogP contribution >= 0.6 is 15.9 Å². The summed E-state index contributed by atoms with van der Waals surface area (Å²) in [5.74, 6) is 0.928. The number of halogens is 1. The molecule has 4 heterocycles. The highest BCUT2D eigenvalue weighted by molar-refractivity contribution is 9.10. The Bertz CT molecular complexity index is 1250. The first-order chi connectivity index (χ1) is 14.6. The second-order valence-electron chi connectivity index (χ2n) is 7.02. The van der Waals surface area contributed by atoms with E-state index in [2.05, 4.69) is 42.1 Å². The molecule has 3 aromatic heterocycles. The SMILES string of the molecule is CCn1cc(-c2nc3c4cccc(Br)c4nc(N[C@@H]4CNCCNC4=O)n3n2)cn1. The van der Waals surface area contributed by atoms with Gasteiger partial charge < -0.3 is 16.0 Å². The molecule has 1 fully saturated rings. The minimum absolute atomic E-state index is 0.0771. The quantitative estimate of drug-likeness (QED) is 0.414. The number of para-hydroxylation sites is 1. The zero-order valence-electron chi connectivity index (χ0n) is 16.3. The van der Waals surface area contributed by atoms with Crippen LogP contribution in [-0.4, -0.2) is 60.9 Å². The molecule has 1 atom stereocenters. The lowest BCUT2D eigenvalue weighted by Crippen LogP contribution is -2.42. The molecule has 0 saturated carbocycles. The van der Waals surface area contributed by atoms with Crippen LogP contribution in [0.4, 0.5) is 5.95 Å². The molecular weight excluding hydrogens is 450 g/mol. The zero-order chi connectivity index (χ0) is 20.7. The molecular formula is C19H20BrN9O. The second kappa shape index (κ2) is 7.65. The summed E-state index contributed by atoms with van der Waals surface area (Å²) in [6, 6.07) is 5.35. The summed E-state index contributed by atoms with van der Waals surface area (Å²) in [6.07, 6.45) is 3.66. The van der Waals surface area contributed by atoms with Crippen LogP contribution in [0.25, 0.3) is 27.9 Å². The van der Waals surface area contributed by atoms with Crippen molar-refractivity contribution in [3.8, 4) is 11.4 Å². The molecule has 1 amide bonds. The molecule has 4 aromatic rings. The molecule has 0 bridgehead atoms. The van der Waals surface area contributed by atoms with Crippen molar-refractivity contribution >= 4 is 44.3 Å². The number of rotatable bonds is 4. The maximum absolute atomic E-state index is 12.4. The standard InChI is InChI=1S/C19H20BrN9O/c1-2-28-10-11(8-23-28)16-26-17-12-4-3-5-13(20)15(12)25-19(29(17)27-16)24-14-9-21-6-7-22-18(14)30/h3-5,8,10,14,21H,2,6-7,9H2,1H3,(H,22,30)(H,24,25)/t14-/m1/s1. The lowest BCUT2D eigenvalue weighted by Gasteiger charge is -2.17. The molecule has 0 radical (unpaired) electrons. The maximum Gasteiger partial charge on any atom is 0.243 e. The minimum Gasteiger partial charge on any atom is -0.353 e. The third-order valence-electron chi connectivity index (χ3n) is 5.04.